The van der Waals surface area contributed by atoms with Crippen LogP contribution in [0.2, 0.25) is 0 Å². The lowest BCUT2D eigenvalue weighted by atomic mass is 9.88. The van der Waals surface area contributed by atoms with Gasteiger partial charge in [0.1, 0.15) is 0 Å². The summed E-state index contributed by atoms with van der Waals surface area (Å²) in [7, 11) is 0. The van der Waals surface area contributed by atoms with Crippen LogP contribution in [0, 0.1) is 0 Å². The van der Waals surface area contributed by atoms with Crippen molar-refractivity contribution in [1.29, 1.82) is 0 Å². The zero-order valence-electron chi connectivity index (χ0n) is 12.2. The van der Waals surface area contributed by atoms with Gasteiger partial charge < -0.3 is 5.32 Å². The Morgan fingerprint density at radius 3 is 2.72 bits per heavy atom. The van der Waals surface area contributed by atoms with Crippen molar-refractivity contribution in [3.05, 3.63) is 16.1 Å². The lowest BCUT2D eigenvalue weighted by Gasteiger charge is -2.28. The Morgan fingerprint density at radius 2 is 2.22 bits per heavy atom. The molecule has 0 radical (unpaired) electrons. The molecule has 18 heavy (non-hydrogen) atoms. The van der Waals surface area contributed by atoms with E-state index in [1.165, 1.54) is 42.9 Å². The molecular formula is C15H26N2S. The van der Waals surface area contributed by atoms with Crippen LogP contribution in [0.15, 0.2) is 5.38 Å². The molecule has 1 unspecified atom stereocenters. The quantitative estimate of drug-likeness (QED) is 0.894. The SMILES string of the molecule is CCCC1(Cc2nc(C(C)(C)C)cs2)CCCN1. The lowest BCUT2D eigenvalue weighted by molar-refractivity contribution is 0.341. The molecule has 1 N–H and O–H groups in total. The third kappa shape index (κ3) is 3.12. The molecule has 1 atom stereocenters. The van der Waals surface area contributed by atoms with Gasteiger partial charge in [-0.2, -0.15) is 0 Å². The molecule has 0 aromatic carbocycles. The van der Waals surface area contributed by atoms with Crippen LogP contribution in [-0.4, -0.2) is 17.1 Å². The third-order valence-electron chi connectivity index (χ3n) is 3.87. The van der Waals surface area contributed by atoms with Gasteiger partial charge in [0.15, 0.2) is 0 Å². The predicted octanol–water partition coefficient (Wildman–Crippen LogP) is 3.91. The molecule has 1 fully saturated rings. The lowest BCUT2D eigenvalue weighted by Crippen LogP contribution is -2.41. The first kappa shape index (κ1) is 14.0. The highest BCUT2D eigenvalue weighted by atomic mass is 32.1. The van der Waals surface area contributed by atoms with E-state index in [0.29, 0.717) is 5.54 Å². The van der Waals surface area contributed by atoms with Crippen molar-refractivity contribution in [2.45, 2.75) is 70.8 Å². The average molecular weight is 266 g/mol. The second kappa shape index (κ2) is 5.30. The fourth-order valence-electron chi connectivity index (χ4n) is 2.83. The van der Waals surface area contributed by atoms with Crippen molar-refractivity contribution in [3.63, 3.8) is 0 Å². The van der Waals surface area contributed by atoms with Crippen LogP contribution in [0.3, 0.4) is 0 Å². The molecule has 2 rings (SSSR count). The highest BCUT2D eigenvalue weighted by molar-refractivity contribution is 7.09. The summed E-state index contributed by atoms with van der Waals surface area (Å²) in [4.78, 5) is 4.85. The van der Waals surface area contributed by atoms with Gasteiger partial charge in [0.05, 0.1) is 10.7 Å². The number of rotatable bonds is 4. The van der Waals surface area contributed by atoms with Crippen LogP contribution in [0.1, 0.15) is 64.1 Å². The molecule has 0 amide bonds. The molecular weight excluding hydrogens is 240 g/mol. The summed E-state index contributed by atoms with van der Waals surface area (Å²) in [5, 5.41) is 7.28. The Kier molecular flexibility index (Phi) is 4.12. The van der Waals surface area contributed by atoms with Gasteiger partial charge in [-0.3, -0.25) is 0 Å². The van der Waals surface area contributed by atoms with Gasteiger partial charge in [0.2, 0.25) is 0 Å². The van der Waals surface area contributed by atoms with Crippen molar-refractivity contribution in [2.24, 2.45) is 0 Å². The Hall–Kier alpha value is -0.410. The van der Waals surface area contributed by atoms with E-state index in [-0.39, 0.29) is 5.41 Å². The second-order valence-corrected chi connectivity index (χ2v) is 7.56. The Bertz CT molecular complexity index is 383. The number of hydrogen-bond acceptors (Lipinski definition) is 3. The summed E-state index contributed by atoms with van der Waals surface area (Å²) < 4.78 is 0. The minimum absolute atomic E-state index is 0.176. The van der Waals surface area contributed by atoms with Crippen LogP contribution in [-0.2, 0) is 11.8 Å². The van der Waals surface area contributed by atoms with Gasteiger partial charge in [0, 0.05) is 22.8 Å². The first-order valence-corrected chi connectivity index (χ1v) is 8.03. The fraction of sp³-hybridized carbons (Fsp3) is 0.800. The monoisotopic (exact) mass is 266 g/mol. The topological polar surface area (TPSA) is 24.9 Å². The van der Waals surface area contributed by atoms with Gasteiger partial charge >= 0.3 is 0 Å². The maximum atomic E-state index is 4.85. The first-order valence-electron chi connectivity index (χ1n) is 7.15. The summed E-state index contributed by atoms with van der Waals surface area (Å²) in [5.41, 5.74) is 1.75. The van der Waals surface area contributed by atoms with Crippen LogP contribution >= 0.6 is 11.3 Å². The van der Waals surface area contributed by atoms with Crippen LogP contribution in [0.25, 0.3) is 0 Å². The van der Waals surface area contributed by atoms with Crippen LogP contribution in [0.5, 0.6) is 0 Å². The van der Waals surface area contributed by atoms with Crippen LogP contribution in [0.4, 0.5) is 0 Å². The molecule has 1 aliphatic heterocycles. The summed E-state index contributed by atoms with van der Waals surface area (Å²) in [6.45, 7) is 10.2. The predicted molar refractivity (Wildman–Crippen MR) is 79.4 cm³/mol. The van der Waals surface area contributed by atoms with Crippen molar-refractivity contribution in [1.82, 2.24) is 10.3 Å². The number of hydrogen-bond donors (Lipinski definition) is 1. The van der Waals surface area contributed by atoms with Gasteiger partial charge in [-0.25, -0.2) is 4.98 Å². The van der Waals surface area contributed by atoms with Crippen molar-refractivity contribution >= 4 is 11.3 Å². The molecule has 1 aliphatic rings. The molecule has 1 aromatic heterocycles. The molecule has 3 heteroatoms. The van der Waals surface area contributed by atoms with Gasteiger partial charge in [0.25, 0.3) is 0 Å². The summed E-state index contributed by atoms with van der Waals surface area (Å²) >= 11 is 1.84. The maximum absolute atomic E-state index is 4.85. The highest BCUT2D eigenvalue weighted by Crippen LogP contribution is 2.31. The second-order valence-electron chi connectivity index (χ2n) is 6.61. The maximum Gasteiger partial charge on any atom is 0.0946 e. The minimum atomic E-state index is 0.176. The molecule has 1 aromatic rings. The number of aromatic nitrogens is 1. The summed E-state index contributed by atoms with van der Waals surface area (Å²) in [6.07, 6.45) is 6.27. The fourth-order valence-corrected chi connectivity index (χ4v) is 3.99. The van der Waals surface area contributed by atoms with E-state index in [2.05, 4.69) is 38.4 Å². The standard InChI is InChI=1S/C15H26N2S/c1-5-7-15(8-6-9-16-15)10-13-17-12(11-18-13)14(2,3)4/h11,16H,5-10H2,1-4H3. The smallest absolute Gasteiger partial charge is 0.0946 e. The first-order chi connectivity index (χ1) is 8.45. The largest absolute Gasteiger partial charge is 0.311 e. The van der Waals surface area contributed by atoms with Gasteiger partial charge in [-0.05, 0) is 25.8 Å². The highest BCUT2D eigenvalue weighted by Gasteiger charge is 2.33. The van der Waals surface area contributed by atoms with Gasteiger partial charge in [-0.15, -0.1) is 11.3 Å². The van der Waals surface area contributed by atoms with Crippen molar-refractivity contribution in [3.8, 4) is 0 Å². The molecule has 0 saturated carbocycles. The average Bonchev–Trinajstić information content (AvgIpc) is 2.88. The Labute approximate surface area is 115 Å². The van der Waals surface area contributed by atoms with E-state index in [0.717, 1.165) is 6.42 Å². The minimum Gasteiger partial charge on any atom is -0.311 e. The van der Waals surface area contributed by atoms with Gasteiger partial charge in [-0.1, -0.05) is 34.1 Å². The van der Waals surface area contributed by atoms with Crippen molar-refractivity contribution < 1.29 is 0 Å². The molecule has 2 heterocycles. The Morgan fingerprint density at radius 1 is 1.44 bits per heavy atom. The number of thiazole rings is 1. The van der Waals surface area contributed by atoms with Crippen LogP contribution < -0.4 is 5.32 Å². The van der Waals surface area contributed by atoms with E-state index in [4.69, 9.17) is 4.98 Å². The molecule has 0 aliphatic carbocycles. The van der Waals surface area contributed by atoms with E-state index in [1.54, 1.807) is 0 Å². The Balaban J connectivity index is 2.10. The zero-order valence-corrected chi connectivity index (χ0v) is 13.0. The van der Waals surface area contributed by atoms with E-state index < -0.39 is 0 Å². The number of nitrogens with one attached hydrogen (secondary N) is 1. The van der Waals surface area contributed by atoms with E-state index in [9.17, 15) is 0 Å². The van der Waals surface area contributed by atoms with Crippen molar-refractivity contribution in [2.75, 3.05) is 6.54 Å². The molecule has 1 saturated heterocycles. The number of nitrogens with zero attached hydrogens (tertiary/aromatic N) is 1. The molecule has 0 spiro atoms. The zero-order chi connectivity index (χ0) is 13.2. The molecule has 102 valence electrons. The molecule has 2 nitrogen and oxygen atoms in total. The molecule has 0 bridgehead atoms. The van der Waals surface area contributed by atoms with E-state index in [1.807, 2.05) is 11.3 Å². The normalized spacial score (nSPS) is 24.7. The van der Waals surface area contributed by atoms with E-state index >= 15 is 0 Å². The summed E-state index contributed by atoms with van der Waals surface area (Å²) in [6, 6.07) is 0. The summed E-state index contributed by atoms with van der Waals surface area (Å²) in [5.74, 6) is 0. The third-order valence-corrected chi connectivity index (χ3v) is 4.72.